The molecule has 4 aromatic rings. The number of thioether (sulfide) groups is 1. The van der Waals surface area contributed by atoms with Crippen LogP contribution in [0.3, 0.4) is 0 Å². The van der Waals surface area contributed by atoms with Gasteiger partial charge in [-0.1, -0.05) is 48.1 Å². The van der Waals surface area contributed by atoms with Crippen molar-refractivity contribution < 1.29 is 8.91 Å². The van der Waals surface area contributed by atoms with Crippen LogP contribution in [0.5, 0.6) is 0 Å². The largest absolute Gasteiger partial charge is 0.338 e. The predicted molar refractivity (Wildman–Crippen MR) is 100 cm³/mol. The third-order valence-corrected chi connectivity index (χ3v) is 4.83. The molecule has 0 atom stereocenters. The van der Waals surface area contributed by atoms with Crippen LogP contribution in [0.25, 0.3) is 22.8 Å². The highest BCUT2D eigenvalue weighted by Crippen LogP contribution is 2.23. The molecule has 2 heterocycles. The minimum atomic E-state index is -0.303. The molecule has 4 rings (SSSR count). The first-order chi connectivity index (χ1) is 13.2. The Balaban J connectivity index is 1.40. The Labute approximate surface area is 159 Å². The number of halogens is 1. The molecular formula is C19H16FN5OS. The molecule has 2 aromatic carbocycles. The molecule has 0 saturated heterocycles. The fourth-order valence-electron chi connectivity index (χ4n) is 2.49. The van der Waals surface area contributed by atoms with Crippen molar-refractivity contribution in [3.63, 3.8) is 0 Å². The highest BCUT2D eigenvalue weighted by Gasteiger charge is 2.12. The fraction of sp³-hybridized carbons (Fsp3) is 0.158. The van der Waals surface area contributed by atoms with E-state index < -0.39 is 0 Å². The summed E-state index contributed by atoms with van der Waals surface area (Å²) >= 11 is 1.40. The van der Waals surface area contributed by atoms with E-state index in [-0.39, 0.29) is 5.82 Å². The lowest BCUT2D eigenvalue weighted by Gasteiger charge is -1.98. The molecule has 27 heavy (non-hydrogen) atoms. The SMILES string of the molecule is CCc1ccc(-c2nc(SCc3nc(-c4ccc(F)cc4)no3)n[nH]2)cc1. The number of nitrogens with one attached hydrogen (secondary N) is 1. The Bertz CT molecular complexity index is 1030. The maximum absolute atomic E-state index is 13.0. The summed E-state index contributed by atoms with van der Waals surface area (Å²) in [6.07, 6.45) is 1.00. The number of nitrogens with zero attached hydrogens (tertiary/aromatic N) is 4. The van der Waals surface area contributed by atoms with Gasteiger partial charge in [0.15, 0.2) is 5.82 Å². The maximum Gasteiger partial charge on any atom is 0.237 e. The van der Waals surface area contributed by atoms with Gasteiger partial charge in [-0.3, -0.25) is 5.10 Å². The van der Waals surface area contributed by atoms with E-state index in [2.05, 4.69) is 44.4 Å². The van der Waals surface area contributed by atoms with E-state index >= 15 is 0 Å². The molecule has 0 aliphatic rings. The molecular weight excluding hydrogens is 365 g/mol. The Morgan fingerprint density at radius 2 is 1.74 bits per heavy atom. The molecule has 136 valence electrons. The van der Waals surface area contributed by atoms with Gasteiger partial charge in [-0.15, -0.1) is 5.10 Å². The van der Waals surface area contributed by atoms with Crippen molar-refractivity contribution in [2.45, 2.75) is 24.3 Å². The normalized spacial score (nSPS) is 11.0. The maximum atomic E-state index is 13.0. The zero-order valence-electron chi connectivity index (χ0n) is 14.5. The van der Waals surface area contributed by atoms with Gasteiger partial charge in [0, 0.05) is 11.1 Å². The summed E-state index contributed by atoms with van der Waals surface area (Å²) in [5, 5.41) is 11.7. The molecule has 0 aliphatic carbocycles. The number of aryl methyl sites for hydroxylation is 1. The molecule has 0 unspecified atom stereocenters. The van der Waals surface area contributed by atoms with Crippen LogP contribution in [-0.4, -0.2) is 25.3 Å². The quantitative estimate of drug-likeness (QED) is 0.495. The van der Waals surface area contributed by atoms with E-state index in [0.29, 0.717) is 28.2 Å². The van der Waals surface area contributed by atoms with Crippen LogP contribution >= 0.6 is 11.8 Å². The van der Waals surface area contributed by atoms with E-state index in [1.165, 1.54) is 29.5 Å². The summed E-state index contributed by atoms with van der Waals surface area (Å²) in [6, 6.07) is 14.2. The Morgan fingerprint density at radius 1 is 1.00 bits per heavy atom. The minimum absolute atomic E-state index is 0.303. The van der Waals surface area contributed by atoms with Gasteiger partial charge in [0.2, 0.25) is 16.9 Å². The zero-order valence-corrected chi connectivity index (χ0v) is 15.3. The summed E-state index contributed by atoms with van der Waals surface area (Å²) < 4.78 is 18.2. The van der Waals surface area contributed by atoms with Crippen molar-refractivity contribution in [3.8, 4) is 22.8 Å². The average Bonchev–Trinajstić information content (AvgIpc) is 3.37. The third-order valence-electron chi connectivity index (χ3n) is 4.00. The summed E-state index contributed by atoms with van der Waals surface area (Å²) in [4.78, 5) is 8.81. The predicted octanol–water partition coefficient (Wildman–Crippen LogP) is 4.52. The minimum Gasteiger partial charge on any atom is -0.338 e. The number of aromatic amines is 1. The van der Waals surface area contributed by atoms with Gasteiger partial charge in [0.25, 0.3) is 0 Å². The van der Waals surface area contributed by atoms with Crippen LogP contribution in [0.15, 0.2) is 58.2 Å². The van der Waals surface area contributed by atoms with Gasteiger partial charge in [-0.2, -0.15) is 4.98 Å². The van der Waals surface area contributed by atoms with Gasteiger partial charge in [-0.25, -0.2) is 9.37 Å². The Hall–Kier alpha value is -3.00. The second kappa shape index (κ2) is 7.71. The van der Waals surface area contributed by atoms with Crippen LogP contribution in [0.4, 0.5) is 4.39 Å². The first kappa shape index (κ1) is 17.4. The topological polar surface area (TPSA) is 80.5 Å². The van der Waals surface area contributed by atoms with Gasteiger partial charge in [0.1, 0.15) is 5.82 Å². The number of hydrogen-bond acceptors (Lipinski definition) is 6. The molecule has 0 aliphatic heterocycles. The second-order valence-electron chi connectivity index (χ2n) is 5.82. The first-order valence-electron chi connectivity index (χ1n) is 8.44. The number of H-pyrrole nitrogens is 1. The van der Waals surface area contributed by atoms with Crippen LogP contribution in [0.2, 0.25) is 0 Å². The molecule has 0 fully saturated rings. The highest BCUT2D eigenvalue weighted by atomic mass is 32.2. The van der Waals surface area contributed by atoms with Crippen molar-refractivity contribution in [1.29, 1.82) is 0 Å². The number of rotatable bonds is 6. The van der Waals surface area contributed by atoms with Gasteiger partial charge >= 0.3 is 0 Å². The van der Waals surface area contributed by atoms with E-state index in [0.717, 1.165) is 17.8 Å². The van der Waals surface area contributed by atoms with Crippen molar-refractivity contribution >= 4 is 11.8 Å². The standard InChI is InChI=1S/C19H16FN5OS/c1-2-12-3-5-13(6-4-12)17-22-19(24-23-17)27-11-16-21-18(25-26-16)14-7-9-15(20)10-8-14/h3-10H,2,11H2,1H3,(H,22,23,24). The fourth-order valence-corrected chi connectivity index (χ4v) is 3.13. The third kappa shape index (κ3) is 4.06. The van der Waals surface area contributed by atoms with Crippen molar-refractivity contribution in [2.75, 3.05) is 0 Å². The van der Waals surface area contributed by atoms with Crippen LogP contribution in [-0.2, 0) is 12.2 Å². The molecule has 0 saturated carbocycles. The van der Waals surface area contributed by atoms with Crippen LogP contribution in [0, 0.1) is 5.82 Å². The average molecular weight is 381 g/mol. The molecule has 6 nitrogen and oxygen atoms in total. The molecule has 0 amide bonds. The van der Waals surface area contributed by atoms with E-state index in [1.54, 1.807) is 12.1 Å². The van der Waals surface area contributed by atoms with E-state index in [1.807, 2.05) is 12.1 Å². The molecule has 0 bridgehead atoms. The van der Waals surface area contributed by atoms with Gasteiger partial charge in [-0.05, 0) is 36.2 Å². The molecule has 1 N–H and O–H groups in total. The van der Waals surface area contributed by atoms with Crippen molar-refractivity contribution in [2.24, 2.45) is 0 Å². The Kier molecular flexibility index (Phi) is 4.97. The Morgan fingerprint density at radius 3 is 2.48 bits per heavy atom. The molecule has 8 heteroatoms. The summed E-state index contributed by atoms with van der Waals surface area (Å²) in [5.41, 5.74) is 2.97. The first-order valence-corrected chi connectivity index (χ1v) is 9.43. The lowest BCUT2D eigenvalue weighted by Crippen LogP contribution is -1.84. The summed E-state index contributed by atoms with van der Waals surface area (Å²) in [7, 11) is 0. The second-order valence-corrected chi connectivity index (χ2v) is 6.77. The number of hydrogen-bond donors (Lipinski definition) is 1. The highest BCUT2D eigenvalue weighted by molar-refractivity contribution is 7.98. The number of benzene rings is 2. The van der Waals surface area contributed by atoms with Crippen LogP contribution in [0.1, 0.15) is 18.4 Å². The van der Waals surface area contributed by atoms with Crippen molar-refractivity contribution in [1.82, 2.24) is 25.3 Å². The molecule has 0 radical (unpaired) electrons. The monoisotopic (exact) mass is 381 g/mol. The summed E-state index contributed by atoms with van der Waals surface area (Å²) in [5.74, 6) is 1.75. The van der Waals surface area contributed by atoms with Gasteiger partial charge in [0.05, 0.1) is 5.75 Å². The zero-order chi connectivity index (χ0) is 18.6. The van der Waals surface area contributed by atoms with E-state index in [9.17, 15) is 4.39 Å². The smallest absolute Gasteiger partial charge is 0.237 e. The van der Waals surface area contributed by atoms with Crippen LogP contribution < -0.4 is 0 Å². The number of aromatic nitrogens is 5. The summed E-state index contributed by atoms with van der Waals surface area (Å²) in [6.45, 7) is 2.12. The van der Waals surface area contributed by atoms with E-state index in [4.69, 9.17) is 4.52 Å². The lowest BCUT2D eigenvalue weighted by molar-refractivity contribution is 0.391. The lowest BCUT2D eigenvalue weighted by atomic mass is 10.1. The van der Waals surface area contributed by atoms with Crippen molar-refractivity contribution in [3.05, 3.63) is 65.8 Å². The molecule has 0 spiro atoms. The van der Waals surface area contributed by atoms with Gasteiger partial charge < -0.3 is 4.52 Å². The molecule has 2 aromatic heterocycles.